The van der Waals surface area contributed by atoms with Crippen molar-refractivity contribution < 1.29 is 9.59 Å². The fourth-order valence-corrected chi connectivity index (χ4v) is 4.36. The normalized spacial score (nSPS) is 11.1. The fraction of sp³-hybridized carbons (Fsp3) is 0.120. The summed E-state index contributed by atoms with van der Waals surface area (Å²) in [5.74, 6) is 0.806. The van der Waals surface area contributed by atoms with E-state index in [1.165, 1.54) is 0 Å². The molecule has 0 spiro atoms. The number of hydrogen-bond acceptors (Lipinski definition) is 5. The molecule has 2 aromatic heterocycles. The fourth-order valence-electron chi connectivity index (χ4n) is 3.52. The molecule has 2 amide bonds. The molecule has 0 radical (unpaired) electrons. The molecule has 0 atom stereocenters. The standard InChI is InChI=1S/C25H22N6O2S/c32-23(14-13-22-26-18-5-1-2-6-19(18)27-22)30-31-24(33)17-11-9-16(10-12-17)15-34-25-28-20-7-3-4-8-21(20)29-25/h1-12H,13-15H2,(H,26,27)(H,28,29)(H,30,32)(H,31,33). The highest BCUT2D eigenvalue weighted by molar-refractivity contribution is 7.98. The highest BCUT2D eigenvalue weighted by atomic mass is 32.2. The maximum Gasteiger partial charge on any atom is 0.269 e. The average molecular weight is 471 g/mol. The highest BCUT2D eigenvalue weighted by Crippen LogP contribution is 2.23. The van der Waals surface area contributed by atoms with Crippen LogP contribution in [-0.4, -0.2) is 31.8 Å². The van der Waals surface area contributed by atoms with Crippen LogP contribution in [0.2, 0.25) is 0 Å². The molecule has 0 bridgehead atoms. The molecule has 0 saturated carbocycles. The summed E-state index contributed by atoms with van der Waals surface area (Å²) < 4.78 is 0. The molecule has 8 nitrogen and oxygen atoms in total. The van der Waals surface area contributed by atoms with Gasteiger partial charge in [0.1, 0.15) is 5.82 Å². The zero-order chi connectivity index (χ0) is 23.3. The SMILES string of the molecule is O=C(CCc1nc2ccccc2[nH]1)NNC(=O)c1ccc(CSc2nc3ccccc3[nH]2)cc1. The van der Waals surface area contributed by atoms with Crippen molar-refractivity contribution in [3.63, 3.8) is 0 Å². The van der Waals surface area contributed by atoms with Crippen molar-refractivity contribution in [2.45, 2.75) is 23.8 Å². The molecule has 4 N–H and O–H groups in total. The third-order valence-corrected chi connectivity index (χ3v) is 6.25. The number of amides is 2. The summed E-state index contributed by atoms with van der Waals surface area (Å²) in [6, 6.07) is 22.9. The Kier molecular flexibility index (Phi) is 6.26. The molecule has 5 rings (SSSR count). The lowest BCUT2D eigenvalue weighted by molar-refractivity contribution is -0.121. The number of aromatic amines is 2. The van der Waals surface area contributed by atoms with E-state index in [0.717, 1.165) is 44.4 Å². The van der Waals surface area contributed by atoms with Gasteiger partial charge in [-0.3, -0.25) is 20.4 Å². The largest absolute Gasteiger partial charge is 0.342 e. The number of carbonyl (C=O) groups is 2. The van der Waals surface area contributed by atoms with Gasteiger partial charge in [0.25, 0.3) is 5.91 Å². The van der Waals surface area contributed by atoms with Gasteiger partial charge in [0.2, 0.25) is 5.91 Å². The van der Waals surface area contributed by atoms with E-state index < -0.39 is 0 Å². The number of H-pyrrole nitrogens is 2. The van der Waals surface area contributed by atoms with Crippen LogP contribution in [0.15, 0.2) is 78.0 Å². The lowest BCUT2D eigenvalue weighted by Gasteiger charge is -2.07. The first-order chi connectivity index (χ1) is 16.6. The van der Waals surface area contributed by atoms with Gasteiger partial charge in [0.15, 0.2) is 5.16 Å². The predicted molar refractivity (Wildman–Crippen MR) is 132 cm³/mol. The van der Waals surface area contributed by atoms with Gasteiger partial charge in [-0.05, 0) is 42.0 Å². The summed E-state index contributed by atoms with van der Waals surface area (Å²) in [5, 5.41) is 0.855. The first-order valence-electron chi connectivity index (χ1n) is 10.8. The van der Waals surface area contributed by atoms with Crippen LogP contribution in [0.3, 0.4) is 0 Å². The Balaban J connectivity index is 1.08. The summed E-state index contributed by atoms with van der Waals surface area (Å²) in [6.07, 6.45) is 0.659. The number of para-hydroxylation sites is 4. The topological polar surface area (TPSA) is 116 Å². The Morgan fingerprint density at radius 3 is 2.18 bits per heavy atom. The maximum atomic E-state index is 12.4. The zero-order valence-corrected chi connectivity index (χ0v) is 19.0. The number of aryl methyl sites for hydroxylation is 1. The minimum Gasteiger partial charge on any atom is -0.342 e. The molecule has 5 aromatic rings. The van der Waals surface area contributed by atoms with Gasteiger partial charge in [-0.1, -0.05) is 48.2 Å². The summed E-state index contributed by atoms with van der Waals surface area (Å²) >= 11 is 1.60. The monoisotopic (exact) mass is 470 g/mol. The van der Waals surface area contributed by atoms with E-state index in [-0.39, 0.29) is 18.2 Å². The van der Waals surface area contributed by atoms with Crippen molar-refractivity contribution in [1.82, 2.24) is 30.8 Å². The van der Waals surface area contributed by atoms with E-state index in [0.29, 0.717) is 12.0 Å². The second-order valence-corrected chi connectivity index (χ2v) is 8.71. The number of imidazole rings is 2. The lowest BCUT2D eigenvalue weighted by Crippen LogP contribution is -2.41. The molecule has 0 aliphatic heterocycles. The van der Waals surface area contributed by atoms with E-state index in [2.05, 4.69) is 30.8 Å². The van der Waals surface area contributed by atoms with E-state index in [9.17, 15) is 9.59 Å². The molecule has 0 aliphatic carbocycles. The van der Waals surface area contributed by atoms with Gasteiger partial charge in [0.05, 0.1) is 22.1 Å². The number of rotatable bonds is 7. The molecule has 9 heteroatoms. The Bertz CT molecular complexity index is 1390. The number of nitrogens with zero attached hydrogens (tertiary/aromatic N) is 2. The van der Waals surface area contributed by atoms with Crippen LogP contribution >= 0.6 is 11.8 Å². The summed E-state index contributed by atoms with van der Waals surface area (Å²) in [7, 11) is 0. The summed E-state index contributed by atoms with van der Waals surface area (Å²) in [6.45, 7) is 0. The molecule has 170 valence electrons. The molecular weight excluding hydrogens is 448 g/mol. The molecule has 3 aromatic carbocycles. The molecule has 0 saturated heterocycles. The molecular formula is C25H22N6O2S. The van der Waals surface area contributed by atoms with Gasteiger partial charge in [-0.25, -0.2) is 9.97 Å². The number of aromatic nitrogens is 4. The highest BCUT2D eigenvalue weighted by Gasteiger charge is 2.10. The van der Waals surface area contributed by atoms with Crippen molar-refractivity contribution in [2.75, 3.05) is 0 Å². The maximum absolute atomic E-state index is 12.4. The van der Waals surface area contributed by atoms with E-state index >= 15 is 0 Å². The molecule has 34 heavy (non-hydrogen) atoms. The van der Waals surface area contributed by atoms with Gasteiger partial charge in [-0.15, -0.1) is 0 Å². The van der Waals surface area contributed by atoms with Crippen LogP contribution in [0.25, 0.3) is 22.1 Å². The number of hydrogen-bond donors (Lipinski definition) is 4. The number of nitrogens with one attached hydrogen (secondary N) is 4. The Labute approximate surface area is 199 Å². The van der Waals surface area contributed by atoms with E-state index in [4.69, 9.17) is 0 Å². The van der Waals surface area contributed by atoms with Crippen molar-refractivity contribution in [1.29, 1.82) is 0 Å². The number of thioether (sulfide) groups is 1. The van der Waals surface area contributed by atoms with Crippen molar-refractivity contribution in [3.05, 3.63) is 89.7 Å². The molecule has 0 aliphatic rings. The number of hydrazine groups is 1. The predicted octanol–water partition coefficient (Wildman–Crippen LogP) is 4.13. The van der Waals surface area contributed by atoms with Gasteiger partial charge in [0, 0.05) is 24.2 Å². The molecule has 0 fully saturated rings. The molecule has 0 unspecified atom stereocenters. The first kappa shape index (κ1) is 21.7. The van der Waals surface area contributed by atoms with Crippen LogP contribution in [0.5, 0.6) is 0 Å². The first-order valence-corrected chi connectivity index (χ1v) is 11.8. The van der Waals surface area contributed by atoms with Gasteiger partial charge >= 0.3 is 0 Å². The summed E-state index contributed by atoms with van der Waals surface area (Å²) in [5.41, 5.74) is 10.2. The Morgan fingerprint density at radius 1 is 0.794 bits per heavy atom. The summed E-state index contributed by atoms with van der Waals surface area (Å²) in [4.78, 5) is 40.0. The van der Waals surface area contributed by atoms with Crippen LogP contribution in [0.4, 0.5) is 0 Å². The molecule has 2 heterocycles. The second-order valence-electron chi connectivity index (χ2n) is 7.75. The lowest BCUT2D eigenvalue weighted by atomic mass is 10.1. The zero-order valence-electron chi connectivity index (χ0n) is 18.2. The van der Waals surface area contributed by atoms with Crippen molar-refractivity contribution in [2.24, 2.45) is 0 Å². The van der Waals surface area contributed by atoms with Crippen molar-refractivity contribution >= 4 is 45.6 Å². The number of carbonyl (C=O) groups excluding carboxylic acids is 2. The van der Waals surface area contributed by atoms with E-state index in [1.807, 2.05) is 60.7 Å². The third kappa shape index (κ3) is 5.10. The van der Waals surface area contributed by atoms with Crippen LogP contribution in [0.1, 0.15) is 28.2 Å². The smallest absolute Gasteiger partial charge is 0.269 e. The van der Waals surface area contributed by atoms with Crippen LogP contribution in [0, 0.1) is 0 Å². The van der Waals surface area contributed by atoms with Gasteiger partial charge in [-0.2, -0.15) is 0 Å². The van der Waals surface area contributed by atoms with E-state index in [1.54, 1.807) is 23.9 Å². The third-order valence-electron chi connectivity index (χ3n) is 5.30. The average Bonchev–Trinajstić information content (AvgIpc) is 3.48. The minimum absolute atomic E-state index is 0.206. The van der Waals surface area contributed by atoms with Crippen molar-refractivity contribution in [3.8, 4) is 0 Å². The number of fused-ring (bicyclic) bond motifs is 2. The Morgan fingerprint density at radius 2 is 1.47 bits per heavy atom. The number of benzene rings is 3. The Hall–Kier alpha value is -4.11. The second kappa shape index (κ2) is 9.80. The van der Waals surface area contributed by atoms with Crippen LogP contribution in [-0.2, 0) is 17.0 Å². The van der Waals surface area contributed by atoms with Gasteiger partial charge < -0.3 is 9.97 Å². The van der Waals surface area contributed by atoms with Crippen LogP contribution < -0.4 is 10.9 Å². The quantitative estimate of drug-likeness (QED) is 0.211. The minimum atomic E-state index is -0.367.